The van der Waals surface area contributed by atoms with E-state index >= 15 is 0 Å². The fourth-order valence-corrected chi connectivity index (χ4v) is 1.63. The third kappa shape index (κ3) is 2.96. The van der Waals surface area contributed by atoms with Gasteiger partial charge in [0.25, 0.3) is 5.91 Å². The predicted molar refractivity (Wildman–Crippen MR) is 68.7 cm³/mol. The van der Waals surface area contributed by atoms with Crippen LogP contribution >= 0.6 is 0 Å². The summed E-state index contributed by atoms with van der Waals surface area (Å²) in [5, 5.41) is 6.85. The Morgan fingerprint density at radius 2 is 2.05 bits per heavy atom. The van der Waals surface area contributed by atoms with E-state index < -0.39 is 0 Å². The number of nitrogens with one attached hydrogen (secondary N) is 1. The molecule has 6 heteroatoms. The van der Waals surface area contributed by atoms with Gasteiger partial charge >= 0.3 is 0 Å². The zero-order chi connectivity index (χ0) is 13.8. The van der Waals surface area contributed by atoms with Gasteiger partial charge in [0.05, 0.1) is 5.69 Å². The van der Waals surface area contributed by atoms with Crippen molar-refractivity contribution in [2.45, 2.75) is 20.3 Å². The molecule has 0 saturated heterocycles. The molecule has 19 heavy (non-hydrogen) atoms. The number of hydrogen-bond acceptors (Lipinski definition) is 3. The second-order valence-corrected chi connectivity index (χ2v) is 4.13. The number of carbonyl (C=O) groups is 1. The fraction of sp³-hybridized carbons (Fsp3) is 0.308. The van der Waals surface area contributed by atoms with Crippen LogP contribution in [0.1, 0.15) is 29.8 Å². The van der Waals surface area contributed by atoms with Crippen molar-refractivity contribution in [3.63, 3.8) is 0 Å². The average molecular weight is 262 g/mol. The molecule has 5 nitrogen and oxygen atoms in total. The first kappa shape index (κ1) is 13.2. The summed E-state index contributed by atoms with van der Waals surface area (Å²) in [6.07, 6.45) is 0.851. The van der Waals surface area contributed by atoms with Crippen molar-refractivity contribution < 1.29 is 9.18 Å². The maximum atomic E-state index is 12.9. The van der Waals surface area contributed by atoms with Gasteiger partial charge in [0.2, 0.25) is 5.82 Å². The Morgan fingerprint density at radius 3 is 2.68 bits per heavy atom. The summed E-state index contributed by atoms with van der Waals surface area (Å²) < 4.78 is 14.4. The Kier molecular flexibility index (Phi) is 3.89. The summed E-state index contributed by atoms with van der Waals surface area (Å²) in [5.41, 5.74) is 0.668. The summed E-state index contributed by atoms with van der Waals surface area (Å²) in [6, 6.07) is 5.86. The van der Waals surface area contributed by atoms with Crippen molar-refractivity contribution >= 4 is 5.91 Å². The average Bonchev–Trinajstić information content (AvgIpc) is 2.79. The zero-order valence-corrected chi connectivity index (χ0v) is 10.9. The predicted octanol–water partition coefficient (Wildman–Crippen LogP) is 1.85. The van der Waals surface area contributed by atoms with Crippen molar-refractivity contribution in [1.29, 1.82) is 0 Å². The van der Waals surface area contributed by atoms with Crippen molar-refractivity contribution in [1.82, 2.24) is 20.1 Å². The van der Waals surface area contributed by atoms with Crippen LogP contribution < -0.4 is 5.32 Å². The molecule has 1 amide bonds. The standard InChI is InChI=1S/C13H15FN4O/c1-3-8-15-13(19)12-16-9(2)18(17-12)11-6-4-10(14)5-7-11/h4-7H,3,8H2,1-2H3,(H,15,19). The number of hydrogen-bond donors (Lipinski definition) is 1. The monoisotopic (exact) mass is 262 g/mol. The molecule has 0 aliphatic carbocycles. The molecule has 0 fully saturated rings. The van der Waals surface area contributed by atoms with Crippen LogP contribution in [0.4, 0.5) is 4.39 Å². The van der Waals surface area contributed by atoms with Crippen LogP contribution in [0.15, 0.2) is 24.3 Å². The Balaban J connectivity index is 2.26. The van der Waals surface area contributed by atoms with Crippen LogP contribution in [0, 0.1) is 12.7 Å². The van der Waals surface area contributed by atoms with Gasteiger partial charge in [-0.05, 0) is 37.6 Å². The minimum Gasteiger partial charge on any atom is -0.349 e. The number of halogens is 1. The lowest BCUT2D eigenvalue weighted by Crippen LogP contribution is -2.25. The summed E-state index contributed by atoms with van der Waals surface area (Å²) in [7, 11) is 0. The normalized spacial score (nSPS) is 10.5. The molecule has 1 aromatic heterocycles. The molecule has 1 aromatic carbocycles. The molecule has 100 valence electrons. The molecule has 0 atom stereocenters. The van der Waals surface area contributed by atoms with Gasteiger partial charge in [0.15, 0.2) is 0 Å². The van der Waals surface area contributed by atoms with Gasteiger partial charge in [0, 0.05) is 6.54 Å². The van der Waals surface area contributed by atoms with Gasteiger partial charge in [0.1, 0.15) is 11.6 Å². The van der Waals surface area contributed by atoms with Gasteiger partial charge < -0.3 is 5.32 Å². The van der Waals surface area contributed by atoms with Crippen molar-refractivity contribution in [3.8, 4) is 5.69 Å². The smallest absolute Gasteiger partial charge is 0.290 e. The minimum absolute atomic E-state index is 0.121. The molecule has 1 N–H and O–H groups in total. The highest BCUT2D eigenvalue weighted by molar-refractivity contribution is 5.90. The van der Waals surface area contributed by atoms with Gasteiger partial charge in [-0.25, -0.2) is 14.1 Å². The summed E-state index contributed by atoms with van der Waals surface area (Å²) in [4.78, 5) is 15.9. The van der Waals surface area contributed by atoms with Crippen LogP contribution in [0.5, 0.6) is 0 Å². The summed E-state index contributed by atoms with van der Waals surface area (Å²) >= 11 is 0. The summed E-state index contributed by atoms with van der Waals surface area (Å²) in [6.45, 7) is 4.30. The Morgan fingerprint density at radius 1 is 1.37 bits per heavy atom. The molecular formula is C13H15FN4O. The number of nitrogens with zero attached hydrogens (tertiary/aromatic N) is 3. The van der Waals surface area contributed by atoms with E-state index in [1.54, 1.807) is 19.1 Å². The Labute approximate surface area is 110 Å². The topological polar surface area (TPSA) is 59.8 Å². The fourth-order valence-electron chi connectivity index (χ4n) is 1.63. The van der Waals surface area contributed by atoms with E-state index in [-0.39, 0.29) is 17.5 Å². The number of aryl methyl sites for hydroxylation is 1. The molecule has 0 spiro atoms. The summed E-state index contributed by atoms with van der Waals surface area (Å²) in [5.74, 6) is 0.0803. The number of benzene rings is 1. The Bertz CT molecular complexity index is 577. The van der Waals surface area contributed by atoms with Crippen molar-refractivity contribution in [2.24, 2.45) is 0 Å². The van der Waals surface area contributed by atoms with Crippen LogP contribution in [-0.4, -0.2) is 27.2 Å². The van der Waals surface area contributed by atoms with Crippen LogP contribution in [-0.2, 0) is 0 Å². The van der Waals surface area contributed by atoms with Crippen LogP contribution in [0.2, 0.25) is 0 Å². The van der Waals surface area contributed by atoms with Gasteiger partial charge in [-0.3, -0.25) is 4.79 Å². The molecule has 1 heterocycles. The maximum Gasteiger partial charge on any atom is 0.290 e. The second-order valence-electron chi connectivity index (χ2n) is 4.13. The van der Waals surface area contributed by atoms with Crippen molar-refractivity contribution in [3.05, 3.63) is 41.7 Å². The van der Waals surface area contributed by atoms with Gasteiger partial charge in [-0.15, -0.1) is 5.10 Å². The van der Waals surface area contributed by atoms with Gasteiger partial charge in [-0.2, -0.15) is 0 Å². The first-order valence-corrected chi connectivity index (χ1v) is 6.09. The third-order valence-electron chi connectivity index (χ3n) is 2.58. The van der Waals surface area contributed by atoms with E-state index in [1.807, 2.05) is 6.92 Å². The lowest BCUT2D eigenvalue weighted by molar-refractivity contribution is 0.0943. The van der Waals surface area contributed by atoms with Crippen molar-refractivity contribution in [2.75, 3.05) is 6.54 Å². The zero-order valence-electron chi connectivity index (χ0n) is 10.9. The largest absolute Gasteiger partial charge is 0.349 e. The van der Waals surface area contributed by atoms with E-state index in [4.69, 9.17) is 0 Å². The lowest BCUT2D eigenvalue weighted by atomic mass is 10.3. The first-order valence-electron chi connectivity index (χ1n) is 6.09. The highest BCUT2D eigenvalue weighted by Crippen LogP contribution is 2.10. The molecule has 0 aliphatic heterocycles. The number of amides is 1. The number of carbonyl (C=O) groups excluding carboxylic acids is 1. The van der Waals surface area contributed by atoms with Gasteiger partial charge in [-0.1, -0.05) is 6.92 Å². The molecular weight excluding hydrogens is 247 g/mol. The quantitative estimate of drug-likeness (QED) is 0.914. The van der Waals surface area contributed by atoms with E-state index in [2.05, 4.69) is 15.4 Å². The molecule has 0 aliphatic rings. The SMILES string of the molecule is CCCNC(=O)c1nc(C)n(-c2ccc(F)cc2)n1. The highest BCUT2D eigenvalue weighted by Gasteiger charge is 2.14. The molecule has 2 rings (SSSR count). The highest BCUT2D eigenvalue weighted by atomic mass is 19.1. The molecule has 0 radical (unpaired) electrons. The third-order valence-corrected chi connectivity index (χ3v) is 2.58. The lowest BCUT2D eigenvalue weighted by Gasteiger charge is -2.01. The second kappa shape index (κ2) is 5.60. The number of aromatic nitrogens is 3. The molecule has 0 saturated carbocycles. The number of rotatable bonds is 4. The molecule has 2 aromatic rings. The van der Waals surface area contributed by atoms with E-state index in [1.165, 1.54) is 16.8 Å². The Hall–Kier alpha value is -2.24. The maximum absolute atomic E-state index is 12.9. The van der Waals surface area contributed by atoms with E-state index in [0.29, 0.717) is 18.1 Å². The van der Waals surface area contributed by atoms with Crippen LogP contribution in [0.25, 0.3) is 5.69 Å². The first-order chi connectivity index (χ1) is 9.11. The minimum atomic E-state index is -0.317. The van der Waals surface area contributed by atoms with Crippen LogP contribution in [0.3, 0.4) is 0 Å². The van der Waals surface area contributed by atoms with E-state index in [0.717, 1.165) is 6.42 Å². The van der Waals surface area contributed by atoms with E-state index in [9.17, 15) is 9.18 Å². The molecule has 0 unspecified atom stereocenters. The molecule has 0 bridgehead atoms.